The molecule has 1 aliphatic rings. The van der Waals surface area contributed by atoms with Crippen molar-refractivity contribution in [3.05, 3.63) is 100 Å². The summed E-state index contributed by atoms with van der Waals surface area (Å²) in [6, 6.07) is 21.4. The van der Waals surface area contributed by atoms with Crippen LogP contribution in [0.1, 0.15) is 54.4 Å². The number of nitrogens with one attached hydrogen (secondary N) is 1. The van der Waals surface area contributed by atoms with Gasteiger partial charge in [-0.2, -0.15) is 0 Å². The SMILES string of the molecule is Cc1ccc(C)c(N(CC(=O)N(Cc2cccc(Cl)c2)C(Cc2ccccc2)C(=O)NC2CCCCC2)S(C)(=O)=O)c1. The van der Waals surface area contributed by atoms with Gasteiger partial charge in [0.15, 0.2) is 0 Å². The van der Waals surface area contributed by atoms with Crippen molar-refractivity contribution in [1.29, 1.82) is 0 Å². The summed E-state index contributed by atoms with van der Waals surface area (Å²) in [5.41, 5.74) is 3.70. The average Bonchev–Trinajstić information content (AvgIpc) is 2.95. The van der Waals surface area contributed by atoms with Crippen LogP contribution in [0.2, 0.25) is 5.02 Å². The van der Waals surface area contributed by atoms with Gasteiger partial charge < -0.3 is 10.2 Å². The fraction of sp³-hybridized carbons (Fsp3) is 0.394. The summed E-state index contributed by atoms with van der Waals surface area (Å²) in [7, 11) is -3.83. The molecule has 0 radical (unpaired) electrons. The first-order chi connectivity index (χ1) is 20.0. The second kappa shape index (κ2) is 14.2. The van der Waals surface area contributed by atoms with Gasteiger partial charge in [-0.25, -0.2) is 8.42 Å². The Kier molecular flexibility index (Phi) is 10.7. The highest BCUT2D eigenvalue weighted by molar-refractivity contribution is 7.92. The number of hydrogen-bond donors (Lipinski definition) is 1. The van der Waals surface area contributed by atoms with Gasteiger partial charge in [-0.1, -0.05) is 85.5 Å². The molecule has 2 amide bonds. The number of halogens is 1. The van der Waals surface area contributed by atoms with Crippen molar-refractivity contribution in [3.63, 3.8) is 0 Å². The molecule has 1 saturated carbocycles. The minimum Gasteiger partial charge on any atom is -0.352 e. The van der Waals surface area contributed by atoms with E-state index in [4.69, 9.17) is 11.6 Å². The summed E-state index contributed by atoms with van der Waals surface area (Å²) < 4.78 is 27.3. The largest absolute Gasteiger partial charge is 0.352 e. The Bertz CT molecular complexity index is 1490. The fourth-order valence-electron chi connectivity index (χ4n) is 5.51. The average molecular weight is 610 g/mol. The molecule has 1 unspecified atom stereocenters. The first-order valence-corrected chi connectivity index (χ1v) is 16.7. The predicted molar refractivity (Wildman–Crippen MR) is 169 cm³/mol. The number of anilines is 1. The molecular formula is C33H40ClN3O4S. The van der Waals surface area contributed by atoms with Crippen molar-refractivity contribution >= 4 is 39.1 Å². The second-order valence-electron chi connectivity index (χ2n) is 11.3. The normalized spacial score (nSPS) is 14.7. The van der Waals surface area contributed by atoms with Gasteiger partial charge in [0.1, 0.15) is 12.6 Å². The van der Waals surface area contributed by atoms with E-state index in [1.165, 1.54) is 4.90 Å². The van der Waals surface area contributed by atoms with Gasteiger partial charge >= 0.3 is 0 Å². The van der Waals surface area contributed by atoms with Crippen LogP contribution in [0.15, 0.2) is 72.8 Å². The maximum atomic E-state index is 14.3. The van der Waals surface area contributed by atoms with E-state index < -0.39 is 28.5 Å². The number of sulfonamides is 1. The highest BCUT2D eigenvalue weighted by atomic mass is 35.5. The lowest BCUT2D eigenvalue weighted by atomic mass is 9.94. The molecule has 0 aromatic heterocycles. The third kappa shape index (κ3) is 8.58. The monoisotopic (exact) mass is 609 g/mol. The smallest absolute Gasteiger partial charge is 0.244 e. The van der Waals surface area contributed by atoms with Crippen molar-refractivity contribution in [2.45, 2.75) is 71.0 Å². The van der Waals surface area contributed by atoms with E-state index >= 15 is 0 Å². The van der Waals surface area contributed by atoms with Crippen LogP contribution >= 0.6 is 11.6 Å². The van der Waals surface area contributed by atoms with E-state index in [-0.39, 0.29) is 24.9 Å². The number of amides is 2. The maximum absolute atomic E-state index is 14.3. The molecule has 1 atom stereocenters. The minimum atomic E-state index is -3.83. The Labute approximate surface area is 254 Å². The summed E-state index contributed by atoms with van der Waals surface area (Å²) >= 11 is 6.29. The minimum absolute atomic E-state index is 0.0510. The molecule has 0 heterocycles. The number of nitrogens with zero attached hydrogens (tertiary/aromatic N) is 2. The molecule has 1 N–H and O–H groups in total. The first kappa shape index (κ1) is 31.6. The lowest BCUT2D eigenvalue weighted by molar-refractivity contribution is -0.140. The molecule has 224 valence electrons. The topological polar surface area (TPSA) is 86.8 Å². The number of carbonyl (C=O) groups is 2. The zero-order valence-corrected chi connectivity index (χ0v) is 26.1. The molecule has 3 aromatic rings. The summed E-state index contributed by atoms with van der Waals surface area (Å²) in [6.07, 6.45) is 6.45. The highest BCUT2D eigenvalue weighted by Crippen LogP contribution is 2.26. The number of benzene rings is 3. The lowest BCUT2D eigenvalue weighted by Crippen LogP contribution is -2.55. The summed E-state index contributed by atoms with van der Waals surface area (Å²) in [6.45, 7) is 3.35. The molecule has 7 nitrogen and oxygen atoms in total. The number of rotatable bonds is 11. The summed E-state index contributed by atoms with van der Waals surface area (Å²) in [5.74, 6) is -0.709. The Morgan fingerprint density at radius 2 is 1.62 bits per heavy atom. The third-order valence-electron chi connectivity index (χ3n) is 7.78. The van der Waals surface area contributed by atoms with Crippen molar-refractivity contribution < 1.29 is 18.0 Å². The van der Waals surface area contributed by atoms with Crippen LogP contribution in [0.25, 0.3) is 0 Å². The van der Waals surface area contributed by atoms with E-state index in [2.05, 4.69) is 5.32 Å². The van der Waals surface area contributed by atoms with Gasteiger partial charge in [-0.05, 0) is 67.1 Å². The van der Waals surface area contributed by atoms with Gasteiger partial charge in [-0.15, -0.1) is 0 Å². The maximum Gasteiger partial charge on any atom is 0.244 e. The van der Waals surface area contributed by atoms with Gasteiger partial charge in [0.2, 0.25) is 21.8 Å². The number of aryl methyl sites for hydroxylation is 2. The van der Waals surface area contributed by atoms with Crippen LogP contribution in [0.4, 0.5) is 5.69 Å². The van der Waals surface area contributed by atoms with Crippen LogP contribution in [0.3, 0.4) is 0 Å². The van der Waals surface area contributed by atoms with E-state index in [9.17, 15) is 18.0 Å². The molecule has 1 aliphatic carbocycles. The van der Waals surface area contributed by atoms with Crippen LogP contribution in [-0.4, -0.2) is 50.0 Å². The van der Waals surface area contributed by atoms with E-state index in [0.717, 1.165) is 64.9 Å². The van der Waals surface area contributed by atoms with Crippen LogP contribution in [0, 0.1) is 13.8 Å². The van der Waals surface area contributed by atoms with Crippen LogP contribution in [0.5, 0.6) is 0 Å². The van der Waals surface area contributed by atoms with Crippen molar-refractivity contribution in [2.75, 3.05) is 17.1 Å². The fourth-order valence-corrected chi connectivity index (χ4v) is 6.62. The van der Waals surface area contributed by atoms with Crippen LogP contribution < -0.4 is 9.62 Å². The Morgan fingerprint density at radius 1 is 0.929 bits per heavy atom. The zero-order valence-electron chi connectivity index (χ0n) is 24.6. The lowest BCUT2D eigenvalue weighted by Gasteiger charge is -2.35. The number of hydrogen-bond acceptors (Lipinski definition) is 4. The van der Waals surface area contributed by atoms with Crippen molar-refractivity contribution in [2.24, 2.45) is 0 Å². The summed E-state index contributed by atoms with van der Waals surface area (Å²) in [4.78, 5) is 29.8. The molecule has 0 bridgehead atoms. The highest BCUT2D eigenvalue weighted by Gasteiger charge is 2.34. The van der Waals surface area contributed by atoms with Gasteiger partial charge in [0.25, 0.3) is 0 Å². The quantitative estimate of drug-likeness (QED) is 0.297. The molecule has 9 heteroatoms. The predicted octanol–water partition coefficient (Wildman–Crippen LogP) is 5.81. The van der Waals surface area contributed by atoms with E-state index in [0.29, 0.717) is 10.7 Å². The van der Waals surface area contributed by atoms with E-state index in [1.807, 2.05) is 62.4 Å². The zero-order chi connectivity index (χ0) is 30.3. The Balaban J connectivity index is 1.74. The third-order valence-corrected chi connectivity index (χ3v) is 9.14. The molecule has 0 aliphatic heterocycles. The molecule has 0 saturated heterocycles. The number of carbonyl (C=O) groups excluding carboxylic acids is 2. The molecule has 1 fully saturated rings. The van der Waals surface area contributed by atoms with Gasteiger partial charge in [0.05, 0.1) is 11.9 Å². The standard InChI is InChI=1S/C33H40ClN3O4S/c1-24-17-18-25(2)30(19-24)37(42(3,40)41)23-32(38)36(22-27-13-10-14-28(34)20-27)31(21-26-11-6-4-7-12-26)33(39)35-29-15-8-5-9-16-29/h4,6-7,10-14,17-20,29,31H,5,8-9,15-16,21-23H2,1-3H3,(H,35,39). The molecule has 42 heavy (non-hydrogen) atoms. The van der Waals surface area contributed by atoms with Gasteiger partial charge in [0, 0.05) is 24.0 Å². The van der Waals surface area contributed by atoms with Crippen molar-refractivity contribution in [3.8, 4) is 0 Å². The Morgan fingerprint density at radius 3 is 2.29 bits per heavy atom. The molecule has 0 spiro atoms. The molecule has 4 rings (SSSR count). The van der Waals surface area contributed by atoms with E-state index in [1.54, 1.807) is 24.3 Å². The molecular weight excluding hydrogens is 570 g/mol. The molecule has 3 aromatic carbocycles. The van der Waals surface area contributed by atoms with Gasteiger partial charge in [-0.3, -0.25) is 13.9 Å². The first-order valence-electron chi connectivity index (χ1n) is 14.4. The Hall–Kier alpha value is -3.36. The van der Waals surface area contributed by atoms with Crippen molar-refractivity contribution in [1.82, 2.24) is 10.2 Å². The second-order valence-corrected chi connectivity index (χ2v) is 13.6. The van der Waals surface area contributed by atoms with Crippen LogP contribution in [-0.2, 0) is 32.6 Å². The summed E-state index contributed by atoms with van der Waals surface area (Å²) in [5, 5.41) is 3.73.